The average Bonchev–Trinajstić information content (AvgIpc) is 3.23. The molecule has 0 saturated heterocycles. The number of rotatable bonds is 7. The lowest BCUT2D eigenvalue weighted by molar-refractivity contribution is -0.394. The van der Waals surface area contributed by atoms with Gasteiger partial charge in [0.2, 0.25) is 5.75 Å². The molecule has 0 spiro atoms. The molecule has 4 rings (SSSR count). The van der Waals surface area contributed by atoms with Gasteiger partial charge in [0, 0.05) is 16.5 Å². The molecule has 12 heteroatoms. The summed E-state index contributed by atoms with van der Waals surface area (Å²) in [6, 6.07) is 15.9. The van der Waals surface area contributed by atoms with Crippen molar-refractivity contribution in [3.05, 3.63) is 103 Å². The molecule has 1 heterocycles. The molecule has 0 atom stereocenters. The van der Waals surface area contributed by atoms with Crippen molar-refractivity contribution in [3.63, 3.8) is 0 Å². The summed E-state index contributed by atoms with van der Waals surface area (Å²) in [4.78, 5) is 32.8. The number of halogens is 1. The largest absolute Gasteiger partial charge is 0.451 e. The van der Waals surface area contributed by atoms with Crippen molar-refractivity contribution in [2.45, 2.75) is 0 Å². The Balaban J connectivity index is 1.41. The summed E-state index contributed by atoms with van der Waals surface area (Å²) >= 11 is 5.93. The van der Waals surface area contributed by atoms with E-state index >= 15 is 0 Å². The molecule has 1 aromatic heterocycles. The van der Waals surface area contributed by atoms with Gasteiger partial charge in [0.05, 0.1) is 22.1 Å². The SMILES string of the molecule is O=C(N/N=C/c1ccc(Oc2ccc([N+](=O)[O-])cc2[N+](=O)[O-])cc1)c1cc2cc(Cl)ccc2o1. The summed E-state index contributed by atoms with van der Waals surface area (Å²) in [6.45, 7) is 0. The Morgan fingerprint density at radius 2 is 1.76 bits per heavy atom. The maximum atomic E-state index is 12.2. The summed E-state index contributed by atoms with van der Waals surface area (Å²) in [5, 5.41) is 27.1. The van der Waals surface area contributed by atoms with Gasteiger partial charge in [-0.2, -0.15) is 5.10 Å². The van der Waals surface area contributed by atoms with Crippen LogP contribution in [-0.4, -0.2) is 22.0 Å². The van der Waals surface area contributed by atoms with Crippen LogP contribution in [-0.2, 0) is 0 Å². The van der Waals surface area contributed by atoms with Crippen LogP contribution in [0.5, 0.6) is 11.5 Å². The molecular weight excluding hydrogens is 468 g/mol. The van der Waals surface area contributed by atoms with E-state index in [4.69, 9.17) is 20.8 Å². The first-order valence-electron chi connectivity index (χ1n) is 9.53. The van der Waals surface area contributed by atoms with Gasteiger partial charge in [-0.25, -0.2) is 5.43 Å². The van der Waals surface area contributed by atoms with Gasteiger partial charge in [-0.3, -0.25) is 25.0 Å². The van der Waals surface area contributed by atoms with Gasteiger partial charge >= 0.3 is 11.6 Å². The number of hydrogen-bond donors (Lipinski definition) is 1. The van der Waals surface area contributed by atoms with E-state index < -0.39 is 27.1 Å². The van der Waals surface area contributed by atoms with Crippen LogP contribution >= 0.6 is 11.6 Å². The minimum absolute atomic E-state index is 0.0721. The van der Waals surface area contributed by atoms with Crippen LogP contribution in [0.2, 0.25) is 5.02 Å². The molecule has 0 aliphatic carbocycles. The number of hydrazone groups is 1. The molecule has 1 N–H and O–H groups in total. The first kappa shape index (κ1) is 22.4. The zero-order valence-corrected chi connectivity index (χ0v) is 17.8. The lowest BCUT2D eigenvalue weighted by Crippen LogP contribution is -2.16. The average molecular weight is 481 g/mol. The van der Waals surface area contributed by atoms with Gasteiger partial charge in [0.1, 0.15) is 11.3 Å². The molecule has 0 radical (unpaired) electrons. The van der Waals surface area contributed by atoms with Crippen LogP contribution in [0.3, 0.4) is 0 Å². The minimum Gasteiger partial charge on any atom is -0.451 e. The number of amides is 1. The summed E-state index contributed by atoms with van der Waals surface area (Å²) in [7, 11) is 0. The van der Waals surface area contributed by atoms with E-state index in [1.807, 2.05) is 0 Å². The number of non-ortho nitro benzene ring substituents is 1. The Morgan fingerprint density at radius 3 is 2.47 bits per heavy atom. The highest BCUT2D eigenvalue weighted by Crippen LogP contribution is 2.34. The number of nitrogens with one attached hydrogen (secondary N) is 1. The Kier molecular flexibility index (Phi) is 6.19. The topological polar surface area (TPSA) is 150 Å². The number of fused-ring (bicyclic) bond motifs is 1. The van der Waals surface area contributed by atoms with Crippen LogP contribution in [0.4, 0.5) is 11.4 Å². The Hall–Kier alpha value is -4.77. The number of ether oxygens (including phenoxy) is 1. The molecule has 0 aliphatic rings. The van der Waals surface area contributed by atoms with E-state index in [-0.39, 0.29) is 17.3 Å². The second kappa shape index (κ2) is 9.38. The highest BCUT2D eigenvalue weighted by Gasteiger charge is 2.21. The monoisotopic (exact) mass is 480 g/mol. The zero-order chi connectivity index (χ0) is 24.2. The fourth-order valence-corrected chi connectivity index (χ4v) is 3.12. The van der Waals surface area contributed by atoms with E-state index in [0.29, 0.717) is 21.6 Å². The molecule has 170 valence electrons. The van der Waals surface area contributed by atoms with Crippen molar-refractivity contribution in [3.8, 4) is 11.5 Å². The van der Waals surface area contributed by atoms with E-state index in [2.05, 4.69) is 10.5 Å². The van der Waals surface area contributed by atoms with Crippen LogP contribution in [0.15, 0.2) is 76.2 Å². The number of hydrogen-bond acceptors (Lipinski definition) is 8. The van der Waals surface area contributed by atoms with E-state index in [1.165, 1.54) is 18.3 Å². The number of benzene rings is 3. The standard InChI is InChI=1S/C22H13ClN4O7/c23-15-3-7-19-14(9-15)10-21(34-19)22(28)25-24-12-13-1-5-17(6-2-13)33-20-8-4-16(26(29)30)11-18(20)27(31)32/h1-12H,(H,25,28)/b24-12+. The molecule has 0 aliphatic heterocycles. The third kappa shape index (κ3) is 5.00. The molecular formula is C22H13ClN4O7. The summed E-state index contributed by atoms with van der Waals surface area (Å²) in [5.41, 5.74) is 2.52. The van der Waals surface area contributed by atoms with Crippen molar-refractivity contribution < 1.29 is 23.8 Å². The highest BCUT2D eigenvalue weighted by molar-refractivity contribution is 6.31. The van der Waals surface area contributed by atoms with Crippen molar-refractivity contribution in [2.24, 2.45) is 5.10 Å². The highest BCUT2D eigenvalue weighted by atomic mass is 35.5. The van der Waals surface area contributed by atoms with E-state index in [1.54, 1.807) is 36.4 Å². The Bertz CT molecular complexity index is 1450. The van der Waals surface area contributed by atoms with Crippen molar-refractivity contribution in [1.29, 1.82) is 0 Å². The maximum absolute atomic E-state index is 12.2. The van der Waals surface area contributed by atoms with Crippen molar-refractivity contribution in [1.82, 2.24) is 5.43 Å². The number of nitrogens with zero attached hydrogens (tertiary/aromatic N) is 3. The second-order valence-electron chi connectivity index (χ2n) is 6.83. The van der Waals surface area contributed by atoms with Gasteiger partial charge in [-0.05, 0) is 60.2 Å². The van der Waals surface area contributed by atoms with Gasteiger partial charge in [-0.1, -0.05) is 11.6 Å². The third-order valence-corrected chi connectivity index (χ3v) is 4.77. The second-order valence-corrected chi connectivity index (χ2v) is 7.27. The van der Waals surface area contributed by atoms with Crippen LogP contribution in [0, 0.1) is 20.2 Å². The van der Waals surface area contributed by atoms with Gasteiger partial charge in [0.15, 0.2) is 5.76 Å². The van der Waals surface area contributed by atoms with E-state index in [0.717, 1.165) is 18.2 Å². The normalized spacial score (nSPS) is 11.0. The van der Waals surface area contributed by atoms with Gasteiger partial charge < -0.3 is 9.15 Å². The summed E-state index contributed by atoms with van der Waals surface area (Å²) in [5.74, 6) is -0.354. The van der Waals surface area contributed by atoms with Crippen molar-refractivity contribution in [2.75, 3.05) is 0 Å². The minimum atomic E-state index is -0.761. The van der Waals surface area contributed by atoms with Crippen molar-refractivity contribution >= 4 is 46.1 Å². The smallest absolute Gasteiger partial charge is 0.318 e. The molecule has 0 bridgehead atoms. The predicted octanol–water partition coefficient (Wildman–Crippen LogP) is 5.46. The van der Waals surface area contributed by atoms with Crippen LogP contribution < -0.4 is 10.2 Å². The number of carbonyl (C=O) groups excluding carboxylic acids is 1. The first-order chi connectivity index (χ1) is 16.3. The quantitative estimate of drug-likeness (QED) is 0.209. The Labute approximate surface area is 195 Å². The molecule has 11 nitrogen and oxygen atoms in total. The molecule has 0 unspecified atom stereocenters. The Morgan fingerprint density at radius 1 is 1.00 bits per heavy atom. The predicted molar refractivity (Wildman–Crippen MR) is 123 cm³/mol. The number of nitro groups is 2. The summed E-state index contributed by atoms with van der Waals surface area (Å²) in [6.07, 6.45) is 1.38. The van der Waals surface area contributed by atoms with Crippen LogP contribution in [0.1, 0.15) is 16.1 Å². The molecule has 0 fully saturated rings. The maximum Gasteiger partial charge on any atom is 0.318 e. The van der Waals surface area contributed by atoms with Gasteiger partial charge in [0.25, 0.3) is 5.69 Å². The number of carbonyl (C=O) groups is 1. The van der Waals surface area contributed by atoms with Crippen LogP contribution in [0.25, 0.3) is 11.0 Å². The van der Waals surface area contributed by atoms with Gasteiger partial charge in [-0.15, -0.1) is 0 Å². The fraction of sp³-hybridized carbons (Fsp3) is 0. The lowest BCUT2D eigenvalue weighted by Gasteiger charge is -2.06. The lowest BCUT2D eigenvalue weighted by atomic mass is 10.2. The molecule has 4 aromatic rings. The fourth-order valence-electron chi connectivity index (χ4n) is 2.94. The number of nitro benzene ring substituents is 2. The summed E-state index contributed by atoms with van der Waals surface area (Å²) < 4.78 is 11.0. The third-order valence-electron chi connectivity index (χ3n) is 4.54. The molecule has 34 heavy (non-hydrogen) atoms. The number of furan rings is 1. The van der Waals surface area contributed by atoms with E-state index in [9.17, 15) is 25.0 Å². The molecule has 1 amide bonds. The molecule has 0 saturated carbocycles. The molecule has 3 aromatic carbocycles. The first-order valence-corrected chi connectivity index (χ1v) is 9.91. The zero-order valence-electron chi connectivity index (χ0n) is 17.0.